The molecule has 4 aromatic rings. The second kappa shape index (κ2) is 7.55. The predicted octanol–water partition coefficient (Wildman–Crippen LogP) is 5.63. The third-order valence-electron chi connectivity index (χ3n) is 4.74. The van der Waals surface area contributed by atoms with Crippen LogP contribution in [0.4, 0.5) is 13.2 Å². The van der Waals surface area contributed by atoms with E-state index < -0.39 is 29.1 Å². The quantitative estimate of drug-likeness (QED) is 0.414. The van der Waals surface area contributed by atoms with Crippen LogP contribution < -0.4 is 0 Å². The van der Waals surface area contributed by atoms with Crippen molar-refractivity contribution in [1.29, 1.82) is 0 Å². The minimum Gasteiger partial charge on any atom is -0.478 e. The molecule has 0 saturated carbocycles. The zero-order chi connectivity index (χ0) is 22.3. The first-order valence-corrected chi connectivity index (χ1v) is 9.26. The Hall–Kier alpha value is -3.65. The molecule has 156 valence electrons. The van der Waals surface area contributed by atoms with Crippen molar-refractivity contribution in [2.45, 2.75) is 6.18 Å². The normalized spacial score (nSPS) is 11.6. The van der Waals surface area contributed by atoms with E-state index in [1.807, 2.05) is 0 Å². The number of hydrogen-bond donors (Lipinski definition) is 1. The third-order valence-corrected chi connectivity index (χ3v) is 5.06. The van der Waals surface area contributed by atoms with Crippen LogP contribution in [0.3, 0.4) is 0 Å². The highest BCUT2D eigenvalue weighted by molar-refractivity contribution is 6.36. The second-order valence-corrected chi connectivity index (χ2v) is 7.04. The number of carbonyl (C=O) groups is 2. The van der Waals surface area contributed by atoms with Crippen molar-refractivity contribution in [3.63, 3.8) is 0 Å². The number of carboxylic acids is 1. The van der Waals surface area contributed by atoms with Gasteiger partial charge in [0, 0.05) is 23.3 Å². The SMILES string of the molecule is O=C(O)c1ccc(-n2cc(C(=O)c3c(Cl)cccc3C(F)(F)F)c3ccccc32)nc1. The van der Waals surface area contributed by atoms with Crippen LogP contribution >= 0.6 is 11.6 Å². The lowest BCUT2D eigenvalue weighted by Crippen LogP contribution is -2.14. The van der Waals surface area contributed by atoms with Gasteiger partial charge in [-0.1, -0.05) is 35.9 Å². The van der Waals surface area contributed by atoms with Crippen LogP contribution in [0.25, 0.3) is 16.7 Å². The number of ketones is 1. The zero-order valence-electron chi connectivity index (χ0n) is 15.5. The summed E-state index contributed by atoms with van der Waals surface area (Å²) in [4.78, 5) is 28.4. The number of nitrogens with zero attached hydrogens (tertiary/aromatic N) is 2. The summed E-state index contributed by atoms with van der Waals surface area (Å²) in [7, 11) is 0. The maximum absolute atomic E-state index is 13.5. The Kier molecular flexibility index (Phi) is 5.02. The van der Waals surface area contributed by atoms with Crippen molar-refractivity contribution in [3.05, 3.63) is 94.3 Å². The Morgan fingerprint density at radius 3 is 2.39 bits per heavy atom. The maximum atomic E-state index is 13.5. The molecule has 9 heteroatoms. The number of rotatable bonds is 4. The largest absolute Gasteiger partial charge is 0.478 e. The topological polar surface area (TPSA) is 72.2 Å². The molecule has 0 aliphatic carbocycles. The molecule has 2 aromatic heterocycles. The van der Waals surface area contributed by atoms with Crippen molar-refractivity contribution in [2.75, 3.05) is 0 Å². The van der Waals surface area contributed by atoms with Gasteiger partial charge in [0.1, 0.15) is 5.82 Å². The number of aromatic nitrogens is 2. The van der Waals surface area contributed by atoms with Crippen LogP contribution in [-0.4, -0.2) is 26.4 Å². The number of fused-ring (bicyclic) bond motifs is 1. The Labute approximate surface area is 178 Å². The zero-order valence-corrected chi connectivity index (χ0v) is 16.3. The minimum absolute atomic E-state index is 0.0123. The van der Waals surface area contributed by atoms with Gasteiger partial charge in [0.05, 0.1) is 27.2 Å². The Bertz CT molecular complexity index is 1330. The molecule has 0 atom stereocenters. The van der Waals surface area contributed by atoms with Crippen LogP contribution in [0, 0.1) is 0 Å². The van der Waals surface area contributed by atoms with Crippen molar-refractivity contribution >= 4 is 34.3 Å². The van der Waals surface area contributed by atoms with Gasteiger partial charge in [0.25, 0.3) is 0 Å². The molecule has 0 aliphatic rings. The first kappa shape index (κ1) is 20.6. The Balaban J connectivity index is 1.91. The van der Waals surface area contributed by atoms with Gasteiger partial charge in [-0.25, -0.2) is 9.78 Å². The highest BCUT2D eigenvalue weighted by Gasteiger charge is 2.37. The molecule has 4 rings (SSSR count). The van der Waals surface area contributed by atoms with Crippen LogP contribution in [0.15, 0.2) is 67.0 Å². The van der Waals surface area contributed by atoms with Gasteiger partial charge in [-0.15, -0.1) is 0 Å². The second-order valence-electron chi connectivity index (χ2n) is 6.63. The van der Waals surface area contributed by atoms with E-state index in [0.717, 1.165) is 18.3 Å². The van der Waals surface area contributed by atoms with Gasteiger partial charge in [0.15, 0.2) is 5.78 Å². The van der Waals surface area contributed by atoms with Crippen molar-refractivity contribution in [1.82, 2.24) is 9.55 Å². The first-order valence-electron chi connectivity index (χ1n) is 8.88. The summed E-state index contributed by atoms with van der Waals surface area (Å²) in [5.74, 6) is -1.73. The van der Waals surface area contributed by atoms with Gasteiger partial charge in [-0.05, 0) is 30.3 Å². The lowest BCUT2D eigenvalue weighted by atomic mass is 9.97. The van der Waals surface area contributed by atoms with Gasteiger partial charge >= 0.3 is 12.1 Å². The van der Waals surface area contributed by atoms with Crippen LogP contribution in [0.1, 0.15) is 31.8 Å². The average molecular weight is 445 g/mol. The number of carboxylic acid groups (broad SMARTS) is 1. The molecule has 0 unspecified atom stereocenters. The standard InChI is InChI=1S/C22H12ClF3N2O3/c23-16-6-3-5-15(22(24,25)26)19(16)20(29)14-11-28(17-7-2-1-4-13(14)17)18-9-8-12(10-27-18)21(30)31/h1-11H,(H,30,31). The molecular formula is C22H12ClF3N2O3. The summed E-state index contributed by atoms with van der Waals surface area (Å²) in [6.45, 7) is 0. The summed E-state index contributed by atoms with van der Waals surface area (Å²) in [6.07, 6.45) is -2.23. The van der Waals surface area contributed by atoms with Gasteiger partial charge in [0.2, 0.25) is 0 Å². The number of carbonyl (C=O) groups excluding carboxylic acids is 1. The number of aromatic carboxylic acids is 1. The molecule has 0 saturated heterocycles. The van der Waals surface area contributed by atoms with Crippen LogP contribution in [0.5, 0.6) is 0 Å². The predicted molar refractivity (Wildman–Crippen MR) is 108 cm³/mol. The molecule has 0 amide bonds. The summed E-state index contributed by atoms with van der Waals surface area (Å²) in [6, 6.07) is 12.6. The molecule has 0 radical (unpaired) electrons. The Morgan fingerprint density at radius 1 is 1.00 bits per heavy atom. The number of benzene rings is 2. The third kappa shape index (κ3) is 3.66. The summed E-state index contributed by atoms with van der Waals surface area (Å²) < 4.78 is 42.1. The summed E-state index contributed by atoms with van der Waals surface area (Å²) in [5, 5.41) is 9.14. The van der Waals surface area contributed by atoms with Gasteiger partial charge in [-0.2, -0.15) is 13.2 Å². The lowest BCUT2D eigenvalue weighted by molar-refractivity contribution is -0.137. The Morgan fingerprint density at radius 2 is 1.74 bits per heavy atom. The molecule has 31 heavy (non-hydrogen) atoms. The maximum Gasteiger partial charge on any atom is 0.417 e. The molecular weight excluding hydrogens is 433 g/mol. The monoisotopic (exact) mass is 444 g/mol. The van der Waals surface area contributed by atoms with Crippen molar-refractivity contribution < 1.29 is 27.9 Å². The first-order chi connectivity index (χ1) is 14.7. The number of para-hydroxylation sites is 1. The number of pyridine rings is 1. The van der Waals surface area contributed by atoms with Crippen LogP contribution in [-0.2, 0) is 6.18 Å². The molecule has 5 nitrogen and oxygen atoms in total. The van der Waals surface area contributed by atoms with E-state index in [4.69, 9.17) is 16.7 Å². The fourth-order valence-electron chi connectivity index (χ4n) is 3.33. The highest BCUT2D eigenvalue weighted by Crippen LogP contribution is 2.37. The fourth-order valence-corrected chi connectivity index (χ4v) is 3.59. The van der Waals surface area contributed by atoms with E-state index >= 15 is 0 Å². The van der Waals surface area contributed by atoms with E-state index in [9.17, 15) is 22.8 Å². The number of hydrogen-bond acceptors (Lipinski definition) is 3. The molecule has 2 aromatic carbocycles. The lowest BCUT2D eigenvalue weighted by Gasteiger charge is -2.13. The molecule has 0 spiro atoms. The smallest absolute Gasteiger partial charge is 0.417 e. The van der Waals surface area contributed by atoms with E-state index in [2.05, 4.69) is 4.98 Å². The van der Waals surface area contributed by atoms with E-state index in [-0.39, 0.29) is 16.1 Å². The highest BCUT2D eigenvalue weighted by atomic mass is 35.5. The van der Waals surface area contributed by atoms with Crippen molar-refractivity contribution in [2.24, 2.45) is 0 Å². The van der Waals surface area contributed by atoms with E-state index in [1.54, 1.807) is 24.3 Å². The van der Waals surface area contributed by atoms with Gasteiger partial charge < -0.3 is 9.67 Å². The number of alkyl halides is 3. The van der Waals surface area contributed by atoms with E-state index in [1.165, 1.54) is 29.0 Å². The average Bonchev–Trinajstić information content (AvgIpc) is 3.12. The minimum atomic E-state index is -4.76. The fraction of sp³-hybridized carbons (Fsp3) is 0.0455. The number of halogens is 4. The molecule has 0 bridgehead atoms. The summed E-state index contributed by atoms with van der Waals surface area (Å²) in [5.41, 5.74) is -1.25. The molecule has 1 N–H and O–H groups in total. The van der Waals surface area contributed by atoms with E-state index in [0.29, 0.717) is 16.7 Å². The summed E-state index contributed by atoms with van der Waals surface area (Å²) >= 11 is 6.01. The van der Waals surface area contributed by atoms with Crippen molar-refractivity contribution in [3.8, 4) is 5.82 Å². The van der Waals surface area contributed by atoms with Gasteiger partial charge in [-0.3, -0.25) is 4.79 Å². The molecule has 2 heterocycles. The van der Waals surface area contributed by atoms with Crippen LogP contribution in [0.2, 0.25) is 5.02 Å². The molecule has 0 fully saturated rings. The molecule has 0 aliphatic heterocycles.